The van der Waals surface area contributed by atoms with Gasteiger partial charge in [0.1, 0.15) is 5.82 Å². The quantitative estimate of drug-likeness (QED) is 0.677. The highest BCUT2D eigenvalue weighted by atomic mass is 14.9. The van der Waals surface area contributed by atoms with Gasteiger partial charge in [-0.25, -0.2) is 9.97 Å². The Balaban J connectivity index is 2.13. The Morgan fingerprint density at radius 3 is 1.70 bits per heavy atom. The van der Waals surface area contributed by atoms with Gasteiger partial charge in [0.05, 0.1) is 5.41 Å². The van der Waals surface area contributed by atoms with E-state index >= 15 is 0 Å². The summed E-state index contributed by atoms with van der Waals surface area (Å²) in [5, 5.41) is 0. The molecule has 0 spiro atoms. The summed E-state index contributed by atoms with van der Waals surface area (Å²) < 4.78 is 0. The average molecular weight is 302 g/mol. The lowest BCUT2D eigenvalue weighted by Gasteiger charge is -2.29. The van der Waals surface area contributed by atoms with Gasteiger partial charge in [-0.3, -0.25) is 0 Å². The van der Waals surface area contributed by atoms with Crippen molar-refractivity contribution in [3.63, 3.8) is 0 Å². The van der Waals surface area contributed by atoms with Gasteiger partial charge in [0.25, 0.3) is 0 Å². The molecule has 0 saturated carbocycles. The molecule has 2 aromatic carbocycles. The van der Waals surface area contributed by atoms with E-state index in [1.165, 1.54) is 16.7 Å². The molecule has 1 heterocycles. The Kier molecular flexibility index (Phi) is 4.52. The molecule has 0 radical (unpaired) electrons. The van der Waals surface area contributed by atoms with E-state index in [2.05, 4.69) is 62.4 Å². The molecule has 0 unspecified atom stereocenters. The molecule has 0 atom stereocenters. The first kappa shape index (κ1) is 15.4. The maximum absolute atomic E-state index is 4.71. The molecule has 23 heavy (non-hydrogen) atoms. The first-order valence-electron chi connectivity index (χ1n) is 8.17. The Morgan fingerprint density at radius 1 is 0.783 bits per heavy atom. The molecule has 2 heteroatoms. The molecule has 116 valence electrons. The zero-order valence-corrected chi connectivity index (χ0v) is 13.7. The summed E-state index contributed by atoms with van der Waals surface area (Å²) in [6.45, 7) is 4.37. The Bertz CT molecular complexity index is 694. The summed E-state index contributed by atoms with van der Waals surface area (Å²) >= 11 is 0. The van der Waals surface area contributed by atoms with E-state index < -0.39 is 0 Å². The molecule has 3 aromatic rings. The van der Waals surface area contributed by atoms with E-state index in [0.717, 1.165) is 18.7 Å². The SMILES string of the molecule is CCCc1cnc(C(C)(c2ccccc2)c2ccccc2)nc1. The van der Waals surface area contributed by atoms with Crippen molar-refractivity contribution in [2.24, 2.45) is 0 Å². The standard InChI is InChI=1S/C21H22N2/c1-3-10-17-15-22-20(23-16-17)21(2,18-11-6-4-7-12-18)19-13-8-5-9-14-19/h4-9,11-16H,3,10H2,1-2H3. The van der Waals surface area contributed by atoms with E-state index in [1.807, 2.05) is 24.5 Å². The molecule has 0 bridgehead atoms. The molecular formula is C21H22N2. The van der Waals surface area contributed by atoms with Crippen molar-refractivity contribution in [1.29, 1.82) is 0 Å². The fourth-order valence-electron chi connectivity index (χ4n) is 3.00. The Hall–Kier alpha value is -2.48. The van der Waals surface area contributed by atoms with Crippen LogP contribution in [0.2, 0.25) is 0 Å². The summed E-state index contributed by atoms with van der Waals surface area (Å²) in [6, 6.07) is 21.0. The molecule has 0 aliphatic rings. The average Bonchev–Trinajstić information content (AvgIpc) is 2.63. The van der Waals surface area contributed by atoms with Crippen LogP contribution in [0.4, 0.5) is 0 Å². The van der Waals surface area contributed by atoms with Crippen LogP contribution >= 0.6 is 0 Å². The molecule has 0 saturated heterocycles. The van der Waals surface area contributed by atoms with Gasteiger partial charge in [-0.1, -0.05) is 74.0 Å². The lowest BCUT2D eigenvalue weighted by Crippen LogP contribution is -2.28. The normalized spacial score (nSPS) is 11.4. The van der Waals surface area contributed by atoms with Crippen LogP contribution in [0.1, 0.15) is 42.8 Å². The van der Waals surface area contributed by atoms with Crippen LogP contribution in [0.5, 0.6) is 0 Å². The third kappa shape index (κ3) is 3.02. The largest absolute Gasteiger partial charge is 0.240 e. The van der Waals surface area contributed by atoms with Crippen LogP contribution in [0.3, 0.4) is 0 Å². The summed E-state index contributed by atoms with van der Waals surface area (Å²) in [7, 11) is 0. The van der Waals surface area contributed by atoms with Crippen LogP contribution in [0.25, 0.3) is 0 Å². The highest BCUT2D eigenvalue weighted by Gasteiger charge is 2.33. The molecule has 0 N–H and O–H groups in total. The van der Waals surface area contributed by atoms with Gasteiger partial charge in [-0.2, -0.15) is 0 Å². The highest BCUT2D eigenvalue weighted by molar-refractivity contribution is 5.44. The fourth-order valence-corrected chi connectivity index (χ4v) is 3.00. The summed E-state index contributed by atoms with van der Waals surface area (Å²) in [5.41, 5.74) is 3.25. The number of hydrogen-bond acceptors (Lipinski definition) is 2. The number of hydrogen-bond donors (Lipinski definition) is 0. The third-order valence-electron chi connectivity index (χ3n) is 4.39. The maximum atomic E-state index is 4.71. The lowest BCUT2D eigenvalue weighted by atomic mass is 9.75. The smallest absolute Gasteiger partial charge is 0.142 e. The van der Waals surface area contributed by atoms with Crippen molar-refractivity contribution in [3.05, 3.63) is 95.6 Å². The minimum absolute atomic E-state index is 0.354. The van der Waals surface area contributed by atoms with E-state index in [1.54, 1.807) is 0 Å². The zero-order chi connectivity index (χ0) is 16.1. The summed E-state index contributed by atoms with van der Waals surface area (Å²) in [4.78, 5) is 9.42. The molecule has 0 amide bonds. The monoisotopic (exact) mass is 302 g/mol. The van der Waals surface area contributed by atoms with E-state index in [4.69, 9.17) is 9.97 Å². The predicted octanol–water partition coefficient (Wildman–Crippen LogP) is 4.78. The van der Waals surface area contributed by atoms with Crippen LogP contribution in [-0.4, -0.2) is 9.97 Å². The van der Waals surface area contributed by atoms with Gasteiger partial charge < -0.3 is 0 Å². The number of aryl methyl sites for hydroxylation is 1. The van der Waals surface area contributed by atoms with E-state index in [-0.39, 0.29) is 5.41 Å². The van der Waals surface area contributed by atoms with Gasteiger partial charge in [0.2, 0.25) is 0 Å². The summed E-state index contributed by atoms with van der Waals surface area (Å²) in [6.07, 6.45) is 6.07. The molecule has 2 nitrogen and oxygen atoms in total. The number of nitrogens with zero attached hydrogens (tertiary/aromatic N) is 2. The molecule has 1 aromatic heterocycles. The van der Waals surface area contributed by atoms with Crippen LogP contribution < -0.4 is 0 Å². The highest BCUT2D eigenvalue weighted by Crippen LogP contribution is 2.36. The van der Waals surface area contributed by atoms with Crippen molar-refractivity contribution in [3.8, 4) is 0 Å². The van der Waals surface area contributed by atoms with Crippen molar-refractivity contribution in [1.82, 2.24) is 9.97 Å². The van der Waals surface area contributed by atoms with Crippen LogP contribution in [0.15, 0.2) is 73.1 Å². The Labute approximate surface area is 138 Å². The lowest BCUT2D eigenvalue weighted by molar-refractivity contribution is 0.631. The molecular weight excluding hydrogens is 280 g/mol. The van der Waals surface area contributed by atoms with Gasteiger partial charge in [-0.15, -0.1) is 0 Å². The second-order valence-electron chi connectivity index (χ2n) is 6.02. The first-order valence-corrected chi connectivity index (χ1v) is 8.17. The second kappa shape index (κ2) is 6.74. The second-order valence-corrected chi connectivity index (χ2v) is 6.02. The van der Waals surface area contributed by atoms with Gasteiger partial charge in [-0.05, 0) is 30.0 Å². The van der Waals surface area contributed by atoms with Crippen molar-refractivity contribution >= 4 is 0 Å². The zero-order valence-electron chi connectivity index (χ0n) is 13.7. The van der Waals surface area contributed by atoms with Crippen molar-refractivity contribution in [2.45, 2.75) is 32.1 Å². The minimum Gasteiger partial charge on any atom is -0.240 e. The maximum Gasteiger partial charge on any atom is 0.142 e. The van der Waals surface area contributed by atoms with Crippen LogP contribution in [0, 0.1) is 0 Å². The molecule has 0 fully saturated rings. The fraction of sp³-hybridized carbons (Fsp3) is 0.238. The number of rotatable bonds is 5. The predicted molar refractivity (Wildman–Crippen MR) is 94.5 cm³/mol. The van der Waals surface area contributed by atoms with Crippen molar-refractivity contribution in [2.75, 3.05) is 0 Å². The molecule has 3 rings (SSSR count). The first-order chi connectivity index (χ1) is 11.2. The minimum atomic E-state index is -0.354. The Morgan fingerprint density at radius 2 is 1.26 bits per heavy atom. The molecule has 0 aliphatic carbocycles. The topological polar surface area (TPSA) is 25.8 Å². The van der Waals surface area contributed by atoms with Crippen LogP contribution in [-0.2, 0) is 11.8 Å². The third-order valence-corrected chi connectivity index (χ3v) is 4.39. The summed E-state index contributed by atoms with van der Waals surface area (Å²) in [5.74, 6) is 0.842. The van der Waals surface area contributed by atoms with E-state index in [9.17, 15) is 0 Å². The van der Waals surface area contributed by atoms with Gasteiger partial charge >= 0.3 is 0 Å². The number of benzene rings is 2. The van der Waals surface area contributed by atoms with E-state index in [0.29, 0.717) is 0 Å². The van der Waals surface area contributed by atoms with Gasteiger partial charge in [0.15, 0.2) is 0 Å². The molecule has 0 aliphatic heterocycles. The number of aromatic nitrogens is 2. The van der Waals surface area contributed by atoms with Crippen molar-refractivity contribution < 1.29 is 0 Å². The van der Waals surface area contributed by atoms with Gasteiger partial charge in [0, 0.05) is 12.4 Å².